The summed E-state index contributed by atoms with van der Waals surface area (Å²) < 4.78 is 41.1. The number of halogens is 4. The molecule has 8 heteroatoms. The highest BCUT2D eigenvalue weighted by Crippen LogP contribution is 2.19. The number of nitrogens with zero attached hydrogens (tertiary/aromatic N) is 2. The highest BCUT2D eigenvalue weighted by atomic mass is 32.2. The monoisotopic (exact) mass is 296 g/mol. The second-order valence-corrected chi connectivity index (χ2v) is 5.02. The van der Waals surface area contributed by atoms with Crippen molar-refractivity contribution in [2.75, 3.05) is 28.2 Å². The van der Waals surface area contributed by atoms with Gasteiger partial charge in [0.05, 0.1) is 28.2 Å². The van der Waals surface area contributed by atoms with Crippen molar-refractivity contribution in [3.8, 4) is 0 Å². The van der Waals surface area contributed by atoms with E-state index in [1.807, 2.05) is 6.07 Å². The number of benzene rings is 1. The first-order valence-corrected chi connectivity index (χ1v) is 6.24. The minimum atomic E-state index is -6.00. The van der Waals surface area contributed by atoms with E-state index in [1.54, 1.807) is 11.8 Å². The molecule has 0 unspecified atom stereocenters. The fourth-order valence-electron chi connectivity index (χ4n) is 1.18. The summed E-state index contributed by atoms with van der Waals surface area (Å²) >= 11 is 1.77. The van der Waals surface area contributed by atoms with E-state index in [0.717, 1.165) is 0 Å². The van der Waals surface area contributed by atoms with Gasteiger partial charge in [-0.25, -0.2) is 0 Å². The van der Waals surface area contributed by atoms with Gasteiger partial charge in [-0.05, 0) is 23.9 Å². The highest BCUT2D eigenvalue weighted by molar-refractivity contribution is 8.13. The van der Waals surface area contributed by atoms with Gasteiger partial charge in [-0.3, -0.25) is 9.48 Å². The largest absolute Gasteiger partial charge is 0.673 e. The van der Waals surface area contributed by atoms with Gasteiger partial charge in [0.15, 0.2) is 0 Å². The summed E-state index contributed by atoms with van der Waals surface area (Å²) in [6.07, 6.45) is 0. The van der Waals surface area contributed by atoms with Crippen molar-refractivity contribution in [3.63, 3.8) is 0 Å². The van der Waals surface area contributed by atoms with Crippen LogP contribution >= 0.6 is 11.8 Å². The molecule has 0 saturated carbocycles. The molecule has 1 rings (SSSR count). The summed E-state index contributed by atoms with van der Waals surface area (Å²) in [5, 5.41) is 1.23. The lowest BCUT2D eigenvalue weighted by Gasteiger charge is -2.10. The molecule has 0 bridgehead atoms. The molecule has 0 aliphatic carbocycles. The molecule has 0 heterocycles. The van der Waals surface area contributed by atoms with Crippen LogP contribution in [0.25, 0.3) is 0 Å². The summed E-state index contributed by atoms with van der Waals surface area (Å²) in [5.41, 5.74) is 0. The molecular formula is C11H17BF4N2S. The fraction of sp³-hybridized carbons (Fsp3) is 0.364. The molecule has 1 aromatic carbocycles. The quantitative estimate of drug-likeness (QED) is 0.196. The Morgan fingerprint density at radius 1 is 1.05 bits per heavy atom. The molecule has 19 heavy (non-hydrogen) atoms. The van der Waals surface area contributed by atoms with Crippen LogP contribution in [-0.4, -0.2) is 50.1 Å². The van der Waals surface area contributed by atoms with Crippen LogP contribution in [0.5, 0.6) is 0 Å². The molecule has 0 spiro atoms. The second kappa shape index (κ2) is 8.09. The van der Waals surface area contributed by atoms with E-state index < -0.39 is 7.25 Å². The van der Waals surface area contributed by atoms with Gasteiger partial charge in [0.1, 0.15) is 0 Å². The Bertz CT molecular complexity index is 397. The zero-order valence-corrected chi connectivity index (χ0v) is 12.1. The van der Waals surface area contributed by atoms with E-state index in [9.17, 15) is 17.3 Å². The molecule has 0 amide bonds. The Hall–Kier alpha value is -1.18. The molecule has 0 aliphatic rings. The third kappa shape index (κ3) is 10.4. The number of thioether (sulfide) groups is 1. The van der Waals surface area contributed by atoms with Crippen molar-refractivity contribution in [2.24, 2.45) is 0 Å². The highest BCUT2D eigenvalue weighted by Gasteiger charge is 2.20. The van der Waals surface area contributed by atoms with Gasteiger partial charge in [0.25, 0.3) is 0 Å². The molecule has 0 saturated heterocycles. The molecule has 0 fully saturated rings. The summed E-state index contributed by atoms with van der Waals surface area (Å²) in [6.45, 7) is 0. The Kier molecular flexibility index (Phi) is 7.59. The zero-order valence-electron chi connectivity index (χ0n) is 11.3. The van der Waals surface area contributed by atoms with Gasteiger partial charge < -0.3 is 17.3 Å². The minimum Gasteiger partial charge on any atom is -0.418 e. The maximum atomic E-state index is 9.75. The Morgan fingerprint density at radius 2 is 1.47 bits per heavy atom. The predicted octanol–water partition coefficient (Wildman–Crippen LogP) is 3.27. The lowest BCUT2D eigenvalue weighted by Crippen LogP contribution is -2.26. The van der Waals surface area contributed by atoms with Crippen molar-refractivity contribution in [3.05, 3.63) is 30.3 Å². The molecule has 0 aliphatic heterocycles. The number of rotatable bonds is 1. The van der Waals surface area contributed by atoms with Crippen molar-refractivity contribution in [1.82, 2.24) is 4.90 Å². The molecule has 108 valence electrons. The maximum absolute atomic E-state index is 9.75. The minimum absolute atomic E-state index is 1.23. The number of amidine groups is 1. The maximum Gasteiger partial charge on any atom is 0.673 e. The average molecular weight is 296 g/mol. The van der Waals surface area contributed by atoms with Crippen LogP contribution in [-0.2, 0) is 0 Å². The molecular weight excluding hydrogens is 279 g/mol. The van der Waals surface area contributed by atoms with Gasteiger partial charge in [-0.1, -0.05) is 18.2 Å². The Labute approximate surface area is 115 Å². The van der Waals surface area contributed by atoms with Crippen molar-refractivity contribution in [1.29, 1.82) is 0 Å². The number of hydrogen-bond donors (Lipinski definition) is 0. The van der Waals surface area contributed by atoms with Crippen LogP contribution < -0.4 is 0 Å². The van der Waals surface area contributed by atoms with Crippen molar-refractivity contribution in [2.45, 2.75) is 4.90 Å². The van der Waals surface area contributed by atoms with Crippen molar-refractivity contribution >= 4 is 24.2 Å². The summed E-state index contributed by atoms with van der Waals surface area (Å²) in [4.78, 5) is 3.39. The molecule has 2 nitrogen and oxygen atoms in total. The number of hydrogen-bond acceptors (Lipinski definition) is 1. The first-order chi connectivity index (χ1) is 8.61. The SMILES string of the molecule is CN(C)C(Sc1ccccc1)=[N+](C)C.F[B-](F)(F)F. The lowest BCUT2D eigenvalue weighted by atomic mass is 10.3. The molecule has 0 atom stereocenters. The van der Waals surface area contributed by atoms with Gasteiger partial charge in [-0.2, -0.15) is 0 Å². The topological polar surface area (TPSA) is 6.25 Å². The van der Waals surface area contributed by atoms with Crippen LogP contribution in [0.1, 0.15) is 0 Å². The molecule has 1 aromatic rings. The van der Waals surface area contributed by atoms with Crippen molar-refractivity contribution < 1.29 is 21.8 Å². The van der Waals surface area contributed by atoms with Gasteiger partial charge in [0.2, 0.25) is 0 Å². The third-order valence-corrected chi connectivity index (χ3v) is 3.14. The first-order valence-electron chi connectivity index (χ1n) is 5.43. The standard InChI is InChI=1S/C11H17N2S.BF4/c1-12(2)11(13(3)4)14-10-8-6-5-7-9-10;2-1(3,4)5/h5-9H,1-4H3;/q+1;-1. The van der Waals surface area contributed by atoms with E-state index in [1.165, 1.54) is 10.1 Å². The fourth-order valence-corrected chi connectivity index (χ4v) is 2.05. The summed E-state index contributed by atoms with van der Waals surface area (Å²) in [7, 11) is 2.24. The first kappa shape index (κ1) is 17.8. The van der Waals surface area contributed by atoms with Crippen LogP contribution in [0.2, 0.25) is 0 Å². The average Bonchev–Trinajstić information content (AvgIpc) is 2.24. The van der Waals surface area contributed by atoms with E-state index in [4.69, 9.17) is 0 Å². The van der Waals surface area contributed by atoms with Crippen LogP contribution in [0.3, 0.4) is 0 Å². The van der Waals surface area contributed by atoms with Crippen LogP contribution in [0, 0.1) is 0 Å². The summed E-state index contributed by atoms with van der Waals surface area (Å²) in [6, 6.07) is 10.4. The zero-order chi connectivity index (χ0) is 15.1. The van der Waals surface area contributed by atoms with E-state index in [-0.39, 0.29) is 0 Å². The molecule has 0 radical (unpaired) electrons. The third-order valence-electron chi connectivity index (χ3n) is 1.72. The molecule has 0 aromatic heterocycles. The normalized spacial score (nSPS) is 10.3. The van der Waals surface area contributed by atoms with Gasteiger partial charge in [0, 0.05) is 4.90 Å². The van der Waals surface area contributed by atoms with Crippen LogP contribution in [0.4, 0.5) is 17.3 Å². The second-order valence-electron chi connectivity index (χ2n) is 3.98. The predicted molar refractivity (Wildman–Crippen MR) is 73.3 cm³/mol. The van der Waals surface area contributed by atoms with Crippen LogP contribution in [0.15, 0.2) is 35.2 Å². The Balaban J connectivity index is 0.000000555. The summed E-state index contributed by atoms with van der Waals surface area (Å²) in [5.74, 6) is 0. The van der Waals surface area contributed by atoms with E-state index >= 15 is 0 Å². The van der Waals surface area contributed by atoms with Gasteiger partial charge in [-0.15, -0.1) is 0 Å². The van der Waals surface area contributed by atoms with E-state index in [0.29, 0.717) is 0 Å². The lowest BCUT2D eigenvalue weighted by molar-refractivity contribution is -0.466. The smallest absolute Gasteiger partial charge is 0.418 e. The van der Waals surface area contributed by atoms with Gasteiger partial charge >= 0.3 is 12.4 Å². The Morgan fingerprint density at radius 3 is 1.79 bits per heavy atom. The van der Waals surface area contributed by atoms with E-state index in [2.05, 4.69) is 61.9 Å². The molecule has 0 N–H and O–H groups in total.